The van der Waals surface area contributed by atoms with Gasteiger partial charge in [-0.15, -0.1) is 10.2 Å². The quantitative estimate of drug-likeness (QED) is 0.209. The number of aromatic nitrogens is 2. The van der Waals surface area contributed by atoms with Gasteiger partial charge in [0.2, 0.25) is 11.0 Å². The van der Waals surface area contributed by atoms with Gasteiger partial charge < -0.3 is 10.1 Å². The summed E-state index contributed by atoms with van der Waals surface area (Å²) in [6, 6.07) is 23.4. The van der Waals surface area contributed by atoms with E-state index in [0.717, 1.165) is 28.4 Å². The lowest BCUT2D eigenvalue weighted by Gasteiger charge is -2.18. The maximum atomic E-state index is 13.3. The topological polar surface area (TPSA) is 93.2 Å². The molecule has 0 bridgehead atoms. The van der Waals surface area contributed by atoms with Gasteiger partial charge in [0.15, 0.2) is 0 Å². The fraction of sp³-hybridized carbons (Fsp3) is 0.214. The lowest BCUT2D eigenvalue weighted by molar-refractivity contribution is -0.118. The van der Waals surface area contributed by atoms with E-state index in [9.17, 15) is 9.59 Å². The first-order valence-corrected chi connectivity index (χ1v) is 13.6. The SMILES string of the molecule is CCCCOc1ccc(C(=O)NC(Cc2ccccc2)C(=O)Nc2nnc(-c3ccc(Br)cc3)s2)cc1. The fourth-order valence-electron chi connectivity index (χ4n) is 3.51. The Morgan fingerprint density at radius 3 is 2.41 bits per heavy atom. The summed E-state index contributed by atoms with van der Waals surface area (Å²) in [5.74, 6) is 0.000611. The number of nitrogens with one attached hydrogen (secondary N) is 2. The summed E-state index contributed by atoms with van der Waals surface area (Å²) in [5.41, 5.74) is 2.27. The molecule has 0 saturated heterocycles. The van der Waals surface area contributed by atoms with E-state index in [2.05, 4.69) is 43.7 Å². The van der Waals surface area contributed by atoms with Crippen LogP contribution in [0.4, 0.5) is 5.13 Å². The van der Waals surface area contributed by atoms with Crippen LogP contribution in [0.3, 0.4) is 0 Å². The molecule has 4 rings (SSSR count). The lowest BCUT2D eigenvalue weighted by Crippen LogP contribution is -2.45. The molecule has 0 fully saturated rings. The van der Waals surface area contributed by atoms with Crippen molar-refractivity contribution in [1.29, 1.82) is 0 Å². The number of halogens is 1. The minimum Gasteiger partial charge on any atom is -0.494 e. The van der Waals surface area contributed by atoms with E-state index in [-0.39, 0.29) is 11.8 Å². The molecule has 2 amide bonds. The number of hydrogen-bond donors (Lipinski definition) is 2. The van der Waals surface area contributed by atoms with Gasteiger partial charge in [-0.2, -0.15) is 0 Å². The van der Waals surface area contributed by atoms with E-state index < -0.39 is 6.04 Å². The Kier molecular flexibility index (Phi) is 9.40. The summed E-state index contributed by atoms with van der Waals surface area (Å²) in [5, 5.41) is 15.1. The highest BCUT2D eigenvalue weighted by Crippen LogP contribution is 2.27. The molecule has 1 atom stereocenters. The molecule has 0 radical (unpaired) electrons. The minimum atomic E-state index is -0.810. The summed E-state index contributed by atoms with van der Waals surface area (Å²) in [6.07, 6.45) is 2.35. The Labute approximate surface area is 228 Å². The first kappa shape index (κ1) is 26.5. The molecule has 7 nitrogen and oxygen atoms in total. The highest BCUT2D eigenvalue weighted by atomic mass is 79.9. The van der Waals surface area contributed by atoms with Crippen molar-refractivity contribution in [3.63, 3.8) is 0 Å². The number of carbonyl (C=O) groups is 2. The Bertz CT molecular complexity index is 1310. The molecule has 1 aromatic heterocycles. The van der Waals surface area contributed by atoms with E-state index in [1.54, 1.807) is 24.3 Å². The van der Waals surface area contributed by atoms with Crippen LogP contribution < -0.4 is 15.4 Å². The normalized spacial score (nSPS) is 11.5. The monoisotopic (exact) mass is 578 g/mol. The minimum absolute atomic E-state index is 0.328. The maximum absolute atomic E-state index is 13.3. The molecule has 9 heteroatoms. The van der Waals surface area contributed by atoms with E-state index >= 15 is 0 Å². The van der Waals surface area contributed by atoms with Crippen molar-refractivity contribution >= 4 is 44.2 Å². The van der Waals surface area contributed by atoms with Gasteiger partial charge in [-0.05, 0) is 48.4 Å². The Balaban J connectivity index is 1.45. The molecule has 0 saturated carbocycles. The number of amides is 2. The van der Waals surface area contributed by atoms with Crippen molar-refractivity contribution in [3.05, 3.63) is 94.5 Å². The predicted molar refractivity (Wildman–Crippen MR) is 150 cm³/mol. The smallest absolute Gasteiger partial charge is 0.251 e. The molecule has 0 aliphatic carbocycles. The number of benzene rings is 3. The van der Waals surface area contributed by atoms with Gasteiger partial charge in [0.1, 0.15) is 16.8 Å². The number of rotatable bonds is 11. The van der Waals surface area contributed by atoms with Crippen LogP contribution in [0.2, 0.25) is 0 Å². The van der Waals surface area contributed by atoms with Gasteiger partial charge in [-0.1, -0.05) is 83.1 Å². The van der Waals surface area contributed by atoms with Gasteiger partial charge in [-0.3, -0.25) is 14.9 Å². The van der Waals surface area contributed by atoms with Crippen LogP contribution >= 0.6 is 27.3 Å². The van der Waals surface area contributed by atoms with Crippen molar-refractivity contribution in [2.45, 2.75) is 32.2 Å². The number of carbonyl (C=O) groups excluding carboxylic acids is 2. The molecule has 190 valence electrons. The first-order valence-electron chi connectivity index (χ1n) is 12.0. The summed E-state index contributed by atoms with van der Waals surface area (Å²) < 4.78 is 6.64. The number of nitrogens with zero attached hydrogens (tertiary/aromatic N) is 2. The molecule has 3 aromatic carbocycles. The second-order valence-corrected chi connectivity index (χ2v) is 10.2. The van der Waals surface area contributed by atoms with Crippen molar-refractivity contribution in [3.8, 4) is 16.3 Å². The van der Waals surface area contributed by atoms with Crippen molar-refractivity contribution < 1.29 is 14.3 Å². The van der Waals surface area contributed by atoms with Crippen LogP contribution in [0.5, 0.6) is 5.75 Å². The van der Waals surface area contributed by atoms with Crippen molar-refractivity contribution in [1.82, 2.24) is 15.5 Å². The Hall–Kier alpha value is -3.56. The summed E-state index contributed by atoms with van der Waals surface area (Å²) in [7, 11) is 0. The summed E-state index contributed by atoms with van der Waals surface area (Å²) in [6.45, 7) is 2.74. The summed E-state index contributed by atoms with van der Waals surface area (Å²) >= 11 is 4.69. The standard InChI is InChI=1S/C28H27BrN4O3S/c1-2-3-17-36-23-15-11-20(12-16-23)25(34)30-24(18-19-7-5-4-6-8-19)26(35)31-28-33-32-27(37-28)21-9-13-22(29)14-10-21/h4-16,24H,2-3,17-18H2,1H3,(H,30,34)(H,31,33,35). The zero-order chi connectivity index (χ0) is 26.0. The zero-order valence-electron chi connectivity index (χ0n) is 20.3. The third kappa shape index (κ3) is 7.71. The Morgan fingerprint density at radius 2 is 1.70 bits per heavy atom. The van der Waals surface area contributed by atoms with E-state index in [0.29, 0.717) is 34.5 Å². The second kappa shape index (κ2) is 13.1. The first-order chi connectivity index (χ1) is 18.0. The molecule has 1 heterocycles. The van der Waals surface area contributed by atoms with Crippen molar-refractivity contribution in [2.24, 2.45) is 0 Å². The van der Waals surface area contributed by atoms with E-state index in [4.69, 9.17) is 4.74 Å². The average Bonchev–Trinajstić information content (AvgIpc) is 3.38. The van der Waals surface area contributed by atoms with Crippen LogP contribution in [0, 0.1) is 0 Å². The highest BCUT2D eigenvalue weighted by molar-refractivity contribution is 9.10. The van der Waals surface area contributed by atoms with Crippen LogP contribution in [-0.2, 0) is 11.2 Å². The van der Waals surface area contributed by atoms with Gasteiger partial charge in [0, 0.05) is 22.0 Å². The number of anilines is 1. The number of hydrogen-bond acceptors (Lipinski definition) is 6. The fourth-order valence-corrected chi connectivity index (χ4v) is 4.53. The lowest BCUT2D eigenvalue weighted by atomic mass is 10.0. The van der Waals surface area contributed by atoms with E-state index in [1.165, 1.54) is 11.3 Å². The molecule has 1 unspecified atom stereocenters. The molecule has 37 heavy (non-hydrogen) atoms. The molecule has 4 aromatic rings. The molecular formula is C28H27BrN4O3S. The predicted octanol–water partition coefficient (Wildman–Crippen LogP) is 6.13. The Morgan fingerprint density at radius 1 is 0.973 bits per heavy atom. The maximum Gasteiger partial charge on any atom is 0.251 e. The highest BCUT2D eigenvalue weighted by Gasteiger charge is 2.23. The van der Waals surface area contributed by atoms with Crippen LogP contribution in [0.1, 0.15) is 35.7 Å². The van der Waals surface area contributed by atoms with Crippen molar-refractivity contribution in [2.75, 3.05) is 11.9 Å². The van der Waals surface area contributed by atoms with E-state index in [1.807, 2.05) is 54.6 Å². The molecule has 0 aliphatic heterocycles. The van der Waals surface area contributed by atoms with Gasteiger partial charge in [-0.25, -0.2) is 0 Å². The van der Waals surface area contributed by atoms with Crippen LogP contribution in [-0.4, -0.2) is 34.7 Å². The van der Waals surface area contributed by atoms with Crippen LogP contribution in [0.15, 0.2) is 83.3 Å². The van der Waals surface area contributed by atoms with Gasteiger partial charge >= 0.3 is 0 Å². The zero-order valence-corrected chi connectivity index (χ0v) is 22.7. The third-order valence-electron chi connectivity index (χ3n) is 5.53. The van der Waals surface area contributed by atoms with Crippen LogP contribution in [0.25, 0.3) is 10.6 Å². The summed E-state index contributed by atoms with van der Waals surface area (Å²) in [4.78, 5) is 26.3. The molecule has 0 spiro atoms. The molecular weight excluding hydrogens is 552 g/mol. The largest absolute Gasteiger partial charge is 0.494 e. The second-order valence-electron chi connectivity index (χ2n) is 8.35. The van der Waals surface area contributed by atoms with Gasteiger partial charge in [0.25, 0.3) is 5.91 Å². The number of unbranched alkanes of at least 4 members (excludes halogenated alkanes) is 1. The third-order valence-corrected chi connectivity index (χ3v) is 6.95. The van der Waals surface area contributed by atoms with Gasteiger partial charge in [0.05, 0.1) is 6.61 Å². The average molecular weight is 580 g/mol. The molecule has 2 N–H and O–H groups in total. The number of ether oxygens (including phenoxy) is 1. The molecule has 0 aliphatic rings.